The van der Waals surface area contributed by atoms with Crippen LogP contribution >= 0.6 is 11.6 Å². The molecule has 4 heteroatoms. The molecule has 2 atom stereocenters. The summed E-state index contributed by atoms with van der Waals surface area (Å²) in [7, 11) is 0. The number of ether oxygens (including phenoxy) is 1. The quantitative estimate of drug-likeness (QED) is 0.702. The van der Waals surface area contributed by atoms with Crippen molar-refractivity contribution in [2.45, 2.75) is 32.8 Å². The van der Waals surface area contributed by atoms with E-state index in [2.05, 4.69) is 6.07 Å². The van der Waals surface area contributed by atoms with Crippen molar-refractivity contribution >= 4 is 17.6 Å². The van der Waals surface area contributed by atoms with Crippen LogP contribution < -0.4 is 0 Å². The van der Waals surface area contributed by atoms with E-state index in [1.54, 1.807) is 18.2 Å². The summed E-state index contributed by atoms with van der Waals surface area (Å²) in [6.45, 7) is 5.84. The first kappa shape index (κ1) is 18.0. The van der Waals surface area contributed by atoms with Gasteiger partial charge in [0.25, 0.3) is 0 Å². The second-order valence-electron chi connectivity index (χ2n) is 6.13. The molecule has 0 saturated carbocycles. The van der Waals surface area contributed by atoms with Gasteiger partial charge in [-0.3, -0.25) is 4.79 Å². The van der Waals surface area contributed by atoms with E-state index in [1.165, 1.54) is 0 Å². The van der Waals surface area contributed by atoms with Crippen LogP contribution in [0.1, 0.15) is 42.6 Å². The Morgan fingerprint density at radius 2 is 1.79 bits per heavy atom. The molecule has 0 aliphatic heterocycles. The zero-order valence-electron chi connectivity index (χ0n) is 14.0. The summed E-state index contributed by atoms with van der Waals surface area (Å²) in [6.07, 6.45) is -0.911. The minimum absolute atomic E-state index is 0.0375. The molecule has 0 amide bonds. The van der Waals surface area contributed by atoms with Crippen molar-refractivity contribution in [1.82, 2.24) is 0 Å². The number of nitrogens with zero attached hydrogens (tertiary/aromatic N) is 1. The predicted molar refractivity (Wildman–Crippen MR) is 94.7 cm³/mol. The van der Waals surface area contributed by atoms with Gasteiger partial charge in [-0.2, -0.15) is 5.26 Å². The Balaban J connectivity index is 2.24. The Hall–Kier alpha value is -2.31. The molecule has 0 saturated heterocycles. The summed E-state index contributed by atoms with van der Waals surface area (Å²) in [4.78, 5) is 12.7. The van der Waals surface area contributed by atoms with Gasteiger partial charge in [-0.05, 0) is 30.5 Å². The largest absolute Gasteiger partial charge is 0.441 e. The lowest BCUT2D eigenvalue weighted by Gasteiger charge is -2.22. The van der Waals surface area contributed by atoms with E-state index in [4.69, 9.17) is 16.3 Å². The average molecular weight is 342 g/mol. The summed E-state index contributed by atoms with van der Waals surface area (Å²) in [5.41, 5.74) is 2.53. The fraction of sp³-hybridized carbons (Fsp3) is 0.300. The van der Waals surface area contributed by atoms with Crippen LogP contribution in [-0.4, -0.2) is 5.97 Å². The molecule has 2 rings (SSSR count). The molecule has 0 heterocycles. The van der Waals surface area contributed by atoms with Crippen molar-refractivity contribution in [2.75, 3.05) is 0 Å². The van der Waals surface area contributed by atoms with Crippen LogP contribution in [0.5, 0.6) is 0 Å². The lowest BCUT2D eigenvalue weighted by Crippen LogP contribution is -2.22. The van der Waals surface area contributed by atoms with Crippen LogP contribution in [-0.2, 0) is 9.53 Å². The van der Waals surface area contributed by atoms with E-state index in [9.17, 15) is 10.1 Å². The summed E-state index contributed by atoms with van der Waals surface area (Å²) in [5.74, 6) is -0.807. The summed E-state index contributed by atoms with van der Waals surface area (Å²) in [5, 5.41) is 10.0. The second-order valence-corrected chi connectivity index (χ2v) is 6.57. The Morgan fingerprint density at radius 1 is 1.12 bits per heavy atom. The van der Waals surface area contributed by atoms with Gasteiger partial charge in [-0.1, -0.05) is 67.4 Å². The van der Waals surface area contributed by atoms with Crippen LogP contribution in [0, 0.1) is 24.2 Å². The minimum atomic E-state index is -0.911. The lowest BCUT2D eigenvalue weighted by atomic mass is 9.88. The van der Waals surface area contributed by atoms with Gasteiger partial charge in [0.15, 0.2) is 0 Å². The highest BCUT2D eigenvalue weighted by Crippen LogP contribution is 2.29. The van der Waals surface area contributed by atoms with Gasteiger partial charge in [0.2, 0.25) is 6.10 Å². The van der Waals surface area contributed by atoms with Gasteiger partial charge in [-0.25, -0.2) is 0 Å². The fourth-order valence-corrected chi connectivity index (χ4v) is 2.78. The highest BCUT2D eigenvalue weighted by Gasteiger charge is 2.28. The van der Waals surface area contributed by atoms with E-state index in [-0.39, 0.29) is 5.92 Å². The van der Waals surface area contributed by atoms with Gasteiger partial charge in [0.1, 0.15) is 6.07 Å². The Morgan fingerprint density at radius 3 is 2.33 bits per heavy atom. The molecule has 0 spiro atoms. The van der Waals surface area contributed by atoms with Crippen molar-refractivity contribution in [3.63, 3.8) is 0 Å². The SMILES string of the molecule is Cc1cccc(C(C#N)OC(=O)[C@H](c2ccc(Cl)cc2)C(C)C)c1. The van der Waals surface area contributed by atoms with Gasteiger partial charge in [-0.15, -0.1) is 0 Å². The molecular formula is C20H20ClNO2. The fourth-order valence-electron chi connectivity index (χ4n) is 2.65. The molecule has 1 unspecified atom stereocenters. The van der Waals surface area contributed by atoms with Crippen molar-refractivity contribution in [3.8, 4) is 6.07 Å². The Kier molecular flexibility index (Phi) is 6.00. The van der Waals surface area contributed by atoms with Crippen molar-refractivity contribution in [2.24, 2.45) is 5.92 Å². The zero-order chi connectivity index (χ0) is 17.7. The molecule has 0 radical (unpaired) electrons. The Bertz CT molecular complexity index is 747. The zero-order valence-corrected chi connectivity index (χ0v) is 14.7. The molecule has 124 valence electrons. The third-order valence-corrected chi connectivity index (χ3v) is 4.10. The monoisotopic (exact) mass is 341 g/mol. The Labute approximate surface area is 147 Å². The maximum atomic E-state index is 12.7. The van der Waals surface area contributed by atoms with Gasteiger partial charge in [0.05, 0.1) is 5.92 Å². The molecule has 3 nitrogen and oxygen atoms in total. The van der Waals surface area contributed by atoms with Crippen LogP contribution in [0.3, 0.4) is 0 Å². The molecular weight excluding hydrogens is 322 g/mol. The summed E-state index contributed by atoms with van der Waals surface area (Å²) < 4.78 is 5.52. The van der Waals surface area contributed by atoms with Gasteiger partial charge >= 0.3 is 5.97 Å². The van der Waals surface area contributed by atoms with E-state index < -0.39 is 18.0 Å². The number of hydrogen-bond acceptors (Lipinski definition) is 3. The number of aryl methyl sites for hydroxylation is 1. The van der Waals surface area contributed by atoms with Crippen LogP contribution in [0.4, 0.5) is 0 Å². The third kappa shape index (κ3) is 4.37. The topological polar surface area (TPSA) is 50.1 Å². The smallest absolute Gasteiger partial charge is 0.315 e. The number of nitriles is 1. The molecule has 0 fully saturated rings. The molecule has 2 aromatic rings. The van der Waals surface area contributed by atoms with Crippen LogP contribution in [0.25, 0.3) is 0 Å². The molecule has 0 N–H and O–H groups in total. The normalized spacial score (nSPS) is 13.2. The lowest BCUT2D eigenvalue weighted by molar-refractivity contribution is -0.150. The minimum Gasteiger partial charge on any atom is -0.441 e. The average Bonchev–Trinajstić information content (AvgIpc) is 2.54. The van der Waals surface area contributed by atoms with Crippen molar-refractivity contribution in [1.29, 1.82) is 5.26 Å². The highest BCUT2D eigenvalue weighted by atomic mass is 35.5. The van der Waals surface area contributed by atoms with Gasteiger partial charge < -0.3 is 4.74 Å². The third-order valence-electron chi connectivity index (χ3n) is 3.85. The predicted octanol–water partition coefficient (Wildman–Crippen LogP) is 5.20. The van der Waals surface area contributed by atoms with Gasteiger partial charge in [0, 0.05) is 10.6 Å². The molecule has 0 bridgehead atoms. The summed E-state index contributed by atoms with van der Waals surface area (Å²) in [6, 6.07) is 16.6. The van der Waals surface area contributed by atoms with Crippen molar-refractivity contribution < 1.29 is 9.53 Å². The number of halogens is 1. The first-order valence-corrected chi connectivity index (χ1v) is 8.22. The maximum Gasteiger partial charge on any atom is 0.315 e. The van der Waals surface area contributed by atoms with Crippen molar-refractivity contribution in [3.05, 3.63) is 70.2 Å². The van der Waals surface area contributed by atoms with E-state index >= 15 is 0 Å². The van der Waals surface area contributed by atoms with Crippen LogP contribution in [0.15, 0.2) is 48.5 Å². The number of rotatable bonds is 5. The number of esters is 1. The first-order valence-electron chi connectivity index (χ1n) is 7.84. The number of benzene rings is 2. The maximum absolute atomic E-state index is 12.7. The molecule has 0 aromatic heterocycles. The van der Waals surface area contributed by atoms with Crippen LogP contribution in [0.2, 0.25) is 5.02 Å². The second kappa shape index (κ2) is 7.99. The number of carbonyl (C=O) groups excluding carboxylic acids is 1. The van der Waals surface area contributed by atoms with E-state index in [1.807, 2.05) is 51.1 Å². The highest BCUT2D eigenvalue weighted by molar-refractivity contribution is 6.30. The first-order chi connectivity index (χ1) is 11.4. The standard InChI is InChI=1S/C20H20ClNO2/c1-13(2)19(15-7-9-17(21)10-8-15)20(23)24-18(12-22)16-6-4-5-14(3)11-16/h4-11,13,18-19H,1-3H3/t18?,19-/m0/s1. The summed E-state index contributed by atoms with van der Waals surface area (Å²) >= 11 is 5.92. The van der Waals surface area contributed by atoms with E-state index in [0.29, 0.717) is 10.6 Å². The van der Waals surface area contributed by atoms with E-state index in [0.717, 1.165) is 11.1 Å². The number of hydrogen-bond donors (Lipinski definition) is 0. The molecule has 0 aliphatic rings. The number of carbonyl (C=O) groups is 1. The molecule has 24 heavy (non-hydrogen) atoms. The molecule has 2 aromatic carbocycles. The molecule has 0 aliphatic carbocycles.